The van der Waals surface area contributed by atoms with Crippen molar-refractivity contribution in [2.24, 2.45) is 5.92 Å². The number of hydrogen-bond donors (Lipinski definition) is 1. The molecule has 0 bridgehead atoms. The summed E-state index contributed by atoms with van der Waals surface area (Å²) in [5, 5.41) is 11.4. The summed E-state index contributed by atoms with van der Waals surface area (Å²) in [6.07, 6.45) is 5.09. The van der Waals surface area contributed by atoms with Crippen molar-refractivity contribution in [3.8, 4) is 0 Å². The van der Waals surface area contributed by atoms with Gasteiger partial charge in [-0.1, -0.05) is 24.3 Å². The Hall–Kier alpha value is -2.10. The largest absolute Gasteiger partial charge is 0.465 e. The van der Waals surface area contributed by atoms with Crippen molar-refractivity contribution >= 4 is 16.9 Å². The van der Waals surface area contributed by atoms with Gasteiger partial charge in [-0.15, -0.1) is 0 Å². The Morgan fingerprint density at radius 1 is 1.24 bits per heavy atom. The van der Waals surface area contributed by atoms with Gasteiger partial charge < -0.3 is 10.0 Å². The van der Waals surface area contributed by atoms with E-state index < -0.39 is 6.09 Å². The Morgan fingerprint density at radius 2 is 2.00 bits per heavy atom. The van der Waals surface area contributed by atoms with Crippen LogP contribution in [0.1, 0.15) is 25.0 Å². The zero-order valence-electron chi connectivity index (χ0n) is 12.0. The van der Waals surface area contributed by atoms with Crippen LogP contribution in [0.5, 0.6) is 0 Å². The van der Waals surface area contributed by atoms with Crippen molar-refractivity contribution < 1.29 is 9.90 Å². The number of likely N-dealkylation sites (tertiary alicyclic amines) is 1. The van der Waals surface area contributed by atoms with E-state index in [1.54, 1.807) is 0 Å². The van der Waals surface area contributed by atoms with Gasteiger partial charge >= 0.3 is 6.09 Å². The molecule has 0 aliphatic carbocycles. The van der Waals surface area contributed by atoms with Crippen LogP contribution in [0.25, 0.3) is 10.8 Å². The van der Waals surface area contributed by atoms with Crippen LogP contribution >= 0.6 is 0 Å². The lowest BCUT2D eigenvalue weighted by molar-refractivity contribution is 0.123. The Bertz CT molecular complexity index is 628. The molecule has 1 fully saturated rings. The molecule has 4 nitrogen and oxygen atoms in total. The van der Waals surface area contributed by atoms with E-state index in [0.29, 0.717) is 19.0 Å². The maximum atomic E-state index is 10.9. The van der Waals surface area contributed by atoms with Crippen molar-refractivity contribution in [1.29, 1.82) is 0 Å². The Labute approximate surface area is 124 Å². The molecule has 1 aromatic carbocycles. The number of nitrogens with zero attached hydrogens (tertiary/aromatic N) is 2. The van der Waals surface area contributed by atoms with Gasteiger partial charge in [0, 0.05) is 30.4 Å². The van der Waals surface area contributed by atoms with E-state index in [-0.39, 0.29) is 0 Å². The highest BCUT2D eigenvalue weighted by atomic mass is 16.4. The predicted molar refractivity (Wildman–Crippen MR) is 82.4 cm³/mol. The van der Waals surface area contributed by atoms with E-state index in [1.165, 1.54) is 15.7 Å². The van der Waals surface area contributed by atoms with E-state index in [0.717, 1.165) is 31.4 Å². The van der Waals surface area contributed by atoms with Crippen LogP contribution in [-0.2, 0) is 6.42 Å². The molecule has 1 aromatic heterocycles. The fourth-order valence-electron chi connectivity index (χ4n) is 3.14. The monoisotopic (exact) mass is 284 g/mol. The zero-order chi connectivity index (χ0) is 14.7. The fourth-order valence-corrected chi connectivity index (χ4v) is 3.14. The minimum absolute atomic E-state index is 0.612. The van der Waals surface area contributed by atoms with Gasteiger partial charge in [-0.05, 0) is 43.1 Å². The maximum Gasteiger partial charge on any atom is 0.407 e. The summed E-state index contributed by atoms with van der Waals surface area (Å²) in [7, 11) is 0. The molecule has 2 aromatic rings. The molecule has 0 saturated carbocycles. The predicted octanol–water partition coefficient (Wildman–Crippen LogP) is 3.56. The van der Waals surface area contributed by atoms with Crippen molar-refractivity contribution in [1.82, 2.24) is 9.88 Å². The van der Waals surface area contributed by atoms with E-state index in [9.17, 15) is 4.79 Å². The lowest BCUT2D eigenvalue weighted by Gasteiger charge is -2.29. The topological polar surface area (TPSA) is 53.4 Å². The van der Waals surface area contributed by atoms with E-state index in [1.807, 2.05) is 18.3 Å². The smallest absolute Gasteiger partial charge is 0.407 e. The third-order valence-corrected chi connectivity index (χ3v) is 4.43. The molecule has 1 N–H and O–H groups in total. The second kappa shape index (κ2) is 6.12. The second-order valence-electron chi connectivity index (χ2n) is 5.73. The van der Waals surface area contributed by atoms with Gasteiger partial charge in [0.25, 0.3) is 0 Å². The molecule has 1 amide bonds. The van der Waals surface area contributed by atoms with E-state index in [4.69, 9.17) is 5.11 Å². The van der Waals surface area contributed by atoms with Crippen LogP contribution < -0.4 is 0 Å². The number of fused-ring (bicyclic) bond motifs is 1. The van der Waals surface area contributed by atoms with Crippen LogP contribution in [0, 0.1) is 5.92 Å². The molecule has 0 spiro atoms. The normalized spacial score (nSPS) is 16.3. The number of benzene rings is 1. The number of carboxylic acid groups (broad SMARTS) is 1. The molecule has 21 heavy (non-hydrogen) atoms. The van der Waals surface area contributed by atoms with Crippen LogP contribution in [0.15, 0.2) is 36.5 Å². The summed E-state index contributed by atoms with van der Waals surface area (Å²) in [6.45, 7) is 1.34. The molecule has 110 valence electrons. The molecule has 0 unspecified atom stereocenters. The first-order valence-corrected chi connectivity index (χ1v) is 7.54. The van der Waals surface area contributed by atoms with Crippen LogP contribution in [0.4, 0.5) is 4.79 Å². The van der Waals surface area contributed by atoms with Crippen LogP contribution in [0.3, 0.4) is 0 Å². The highest BCUT2D eigenvalue weighted by Crippen LogP contribution is 2.24. The van der Waals surface area contributed by atoms with Crippen molar-refractivity contribution in [2.45, 2.75) is 25.7 Å². The van der Waals surface area contributed by atoms with Crippen molar-refractivity contribution in [2.75, 3.05) is 13.1 Å². The number of piperidine rings is 1. The number of amides is 1. The molecule has 1 saturated heterocycles. The van der Waals surface area contributed by atoms with Gasteiger partial charge in [0.15, 0.2) is 0 Å². The third-order valence-electron chi connectivity index (χ3n) is 4.43. The number of aromatic nitrogens is 1. The molecule has 4 heteroatoms. The standard InChI is InChI=1S/C17H20N2O2/c20-17(21)19-11-8-13(9-12-19)5-6-16-15-4-2-1-3-14(15)7-10-18-16/h1-4,7,10,13H,5-6,8-9,11-12H2,(H,20,21). The van der Waals surface area contributed by atoms with Crippen LogP contribution in [0.2, 0.25) is 0 Å². The molecule has 1 aliphatic heterocycles. The van der Waals surface area contributed by atoms with Gasteiger partial charge in [-0.2, -0.15) is 0 Å². The number of aryl methyl sites for hydroxylation is 1. The van der Waals surface area contributed by atoms with Gasteiger partial charge in [0.2, 0.25) is 0 Å². The van der Waals surface area contributed by atoms with Gasteiger partial charge in [0.1, 0.15) is 0 Å². The average Bonchev–Trinajstić information content (AvgIpc) is 2.53. The van der Waals surface area contributed by atoms with E-state index in [2.05, 4.69) is 23.2 Å². The lowest BCUT2D eigenvalue weighted by Crippen LogP contribution is -2.37. The number of hydrogen-bond acceptors (Lipinski definition) is 2. The third kappa shape index (κ3) is 3.15. The molecular formula is C17H20N2O2. The summed E-state index contributed by atoms with van der Waals surface area (Å²) >= 11 is 0. The number of rotatable bonds is 3. The SMILES string of the molecule is O=C(O)N1CCC(CCc2nccc3ccccc23)CC1. The average molecular weight is 284 g/mol. The Balaban J connectivity index is 1.61. The van der Waals surface area contributed by atoms with Crippen molar-refractivity contribution in [3.05, 3.63) is 42.2 Å². The highest BCUT2D eigenvalue weighted by Gasteiger charge is 2.22. The molecule has 0 atom stereocenters. The maximum absolute atomic E-state index is 10.9. The minimum Gasteiger partial charge on any atom is -0.465 e. The molecule has 3 rings (SSSR count). The number of pyridine rings is 1. The van der Waals surface area contributed by atoms with Gasteiger partial charge in [-0.3, -0.25) is 4.98 Å². The Kier molecular flexibility index (Phi) is 4.04. The summed E-state index contributed by atoms with van der Waals surface area (Å²) in [6, 6.07) is 10.4. The molecule has 2 heterocycles. The van der Waals surface area contributed by atoms with Crippen molar-refractivity contribution in [3.63, 3.8) is 0 Å². The minimum atomic E-state index is -0.788. The first kappa shape index (κ1) is 13.9. The molecule has 0 radical (unpaired) electrons. The fraction of sp³-hybridized carbons (Fsp3) is 0.412. The molecule has 1 aliphatic rings. The van der Waals surface area contributed by atoms with E-state index >= 15 is 0 Å². The summed E-state index contributed by atoms with van der Waals surface area (Å²) in [4.78, 5) is 17.0. The summed E-state index contributed by atoms with van der Waals surface area (Å²) in [5.41, 5.74) is 1.16. The Morgan fingerprint density at radius 3 is 2.76 bits per heavy atom. The van der Waals surface area contributed by atoms with Gasteiger partial charge in [0.05, 0.1) is 0 Å². The molecular weight excluding hydrogens is 264 g/mol. The van der Waals surface area contributed by atoms with Crippen LogP contribution in [-0.4, -0.2) is 34.2 Å². The second-order valence-corrected chi connectivity index (χ2v) is 5.73. The zero-order valence-corrected chi connectivity index (χ0v) is 12.0. The quantitative estimate of drug-likeness (QED) is 0.937. The summed E-state index contributed by atoms with van der Waals surface area (Å²) < 4.78 is 0. The van der Waals surface area contributed by atoms with Gasteiger partial charge in [-0.25, -0.2) is 4.79 Å². The summed E-state index contributed by atoms with van der Waals surface area (Å²) in [5.74, 6) is 0.612. The number of carbonyl (C=O) groups is 1. The first-order valence-electron chi connectivity index (χ1n) is 7.54. The lowest BCUT2D eigenvalue weighted by atomic mass is 9.91. The highest BCUT2D eigenvalue weighted by molar-refractivity contribution is 5.84. The first-order chi connectivity index (χ1) is 10.2.